The van der Waals surface area contributed by atoms with Crippen LogP contribution in [0.4, 0.5) is 0 Å². The third-order valence-corrected chi connectivity index (χ3v) is 2.80. The maximum Gasteiger partial charge on any atom is 0.0936 e. The molecular formula is C9H17NO2. The molecule has 70 valence electrons. The van der Waals surface area contributed by atoms with Gasteiger partial charge < -0.3 is 9.47 Å². The van der Waals surface area contributed by atoms with Crippen LogP contribution in [0.3, 0.4) is 0 Å². The van der Waals surface area contributed by atoms with Crippen molar-refractivity contribution >= 4 is 0 Å². The second-order valence-electron chi connectivity index (χ2n) is 3.83. The zero-order valence-electron chi connectivity index (χ0n) is 7.82. The predicted octanol–water partition coefficient (Wildman–Crippen LogP) is 0.494. The molecule has 2 rings (SSSR count). The zero-order valence-corrected chi connectivity index (χ0v) is 7.82. The van der Waals surface area contributed by atoms with Crippen molar-refractivity contribution in [3.8, 4) is 0 Å². The molecule has 0 aliphatic carbocycles. The Balaban J connectivity index is 1.80. The van der Waals surface area contributed by atoms with E-state index in [1.807, 2.05) is 0 Å². The number of nitrogens with zero attached hydrogens (tertiary/aromatic N) is 1. The van der Waals surface area contributed by atoms with E-state index in [4.69, 9.17) is 9.47 Å². The highest BCUT2D eigenvalue weighted by molar-refractivity contribution is 4.83. The summed E-state index contributed by atoms with van der Waals surface area (Å²) in [5.74, 6) is 0. The first-order valence-corrected chi connectivity index (χ1v) is 4.71. The molecule has 0 aromatic rings. The van der Waals surface area contributed by atoms with Gasteiger partial charge in [0.2, 0.25) is 0 Å². The third-order valence-electron chi connectivity index (χ3n) is 2.80. The third kappa shape index (κ3) is 1.79. The lowest BCUT2D eigenvalue weighted by Gasteiger charge is -2.25. The Bertz CT molecular complexity index is 159. The van der Waals surface area contributed by atoms with E-state index in [0.29, 0.717) is 18.2 Å². The summed E-state index contributed by atoms with van der Waals surface area (Å²) in [4.78, 5) is 2.37. The van der Waals surface area contributed by atoms with Gasteiger partial charge in [0.05, 0.1) is 18.8 Å². The molecule has 3 atom stereocenters. The number of epoxide rings is 1. The van der Waals surface area contributed by atoms with Gasteiger partial charge in [-0.25, -0.2) is 0 Å². The summed E-state index contributed by atoms with van der Waals surface area (Å²) in [5, 5.41) is 0. The topological polar surface area (TPSA) is 25.0 Å². The number of hydrogen-bond donors (Lipinski definition) is 0. The molecule has 0 spiro atoms. The van der Waals surface area contributed by atoms with E-state index in [1.165, 1.54) is 6.42 Å². The maximum atomic E-state index is 5.51. The average molecular weight is 171 g/mol. The Kier molecular flexibility index (Phi) is 2.35. The van der Waals surface area contributed by atoms with Gasteiger partial charge in [-0.2, -0.15) is 0 Å². The Morgan fingerprint density at radius 2 is 2.17 bits per heavy atom. The van der Waals surface area contributed by atoms with E-state index in [1.54, 1.807) is 0 Å². The Morgan fingerprint density at radius 3 is 2.67 bits per heavy atom. The normalized spacial score (nSPS) is 40.8. The number of likely N-dealkylation sites (N-methyl/N-ethyl adjacent to an activating group) is 1. The van der Waals surface area contributed by atoms with Crippen LogP contribution >= 0.6 is 0 Å². The molecule has 2 heterocycles. The van der Waals surface area contributed by atoms with Crippen LogP contribution in [-0.2, 0) is 9.47 Å². The van der Waals surface area contributed by atoms with Gasteiger partial charge in [-0.1, -0.05) is 0 Å². The molecule has 0 N–H and O–H groups in total. The fourth-order valence-corrected chi connectivity index (χ4v) is 1.93. The number of ether oxygens (including phenoxy) is 2. The van der Waals surface area contributed by atoms with E-state index in [0.717, 1.165) is 19.8 Å². The van der Waals surface area contributed by atoms with Gasteiger partial charge >= 0.3 is 0 Å². The molecule has 0 amide bonds. The molecule has 2 fully saturated rings. The van der Waals surface area contributed by atoms with Crippen molar-refractivity contribution in [1.82, 2.24) is 4.90 Å². The average Bonchev–Trinajstić information content (AvgIpc) is 2.72. The quantitative estimate of drug-likeness (QED) is 0.578. The minimum absolute atomic E-state index is 0.397. The first-order valence-electron chi connectivity index (χ1n) is 4.71. The smallest absolute Gasteiger partial charge is 0.0936 e. The van der Waals surface area contributed by atoms with E-state index in [-0.39, 0.29) is 0 Å². The van der Waals surface area contributed by atoms with E-state index < -0.39 is 0 Å². The van der Waals surface area contributed by atoms with Gasteiger partial charge in [-0.3, -0.25) is 4.90 Å². The van der Waals surface area contributed by atoms with Crippen LogP contribution in [0.5, 0.6) is 0 Å². The van der Waals surface area contributed by atoms with Crippen molar-refractivity contribution in [2.45, 2.75) is 31.6 Å². The zero-order chi connectivity index (χ0) is 8.55. The molecule has 3 nitrogen and oxygen atoms in total. The highest BCUT2D eigenvalue weighted by atomic mass is 16.6. The largest absolute Gasteiger partial charge is 0.377 e. The van der Waals surface area contributed by atoms with Gasteiger partial charge in [-0.05, 0) is 20.4 Å². The van der Waals surface area contributed by atoms with E-state index in [2.05, 4.69) is 18.9 Å². The molecule has 2 saturated heterocycles. The lowest BCUT2D eigenvalue weighted by atomic mass is 10.1. The minimum Gasteiger partial charge on any atom is -0.377 e. The van der Waals surface area contributed by atoms with Crippen molar-refractivity contribution in [2.24, 2.45) is 0 Å². The first kappa shape index (κ1) is 8.48. The molecule has 3 unspecified atom stereocenters. The lowest BCUT2D eigenvalue weighted by Crippen LogP contribution is -2.38. The van der Waals surface area contributed by atoms with Crippen LogP contribution in [-0.4, -0.2) is 50.0 Å². The molecule has 0 saturated carbocycles. The summed E-state index contributed by atoms with van der Waals surface area (Å²) in [6.07, 6.45) is 2.07. The van der Waals surface area contributed by atoms with Crippen molar-refractivity contribution in [3.05, 3.63) is 0 Å². The van der Waals surface area contributed by atoms with Crippen molar-refractivity contribution in [2.75, 3.05) is 26.8 Å². The Labute approximate surface area is 73.6 Å². The Hall–Kier alpha value is -0.120. The molecule has 2 aliphatic heterocycles. The Morgan fingerprint density at radius 1 is 1.42 bits per heavy atom. The fourth-order valence-electron chi connectivity index (χ4n) is 1.93. The van der Waals surface area contributed by atoms with Crippen LogP contribution in [0.25, 0.3) is 0 Å². The summed E-state index contributed by atoms with van der Waals surface area (Å²) < 4.78 is 10.7. The summed E-state index contributed by atoms with van der Waals surface area (Å²) >= 11 is 0. The van der Waals surface area contributed by atoms with Crippen LogP contribution in [0.2, 0.25) is 0 Å². The van der Waals surface area contributed by atoms with Gasteiger partial charge in [0, 0.05) is 19.2 Å². The van der Waals surface area contributed by atoms with Gasteiger partial charge in [-0.15, -0.1) is 0 Å². The summed E-state index contributed by atoms with van der Waals surface area (Å²) in [7, 11) is 2.16. The van der Waals surface area contributed by atoms with Crippen LogP contribution in [0, 0.1) is 0 Å². The van der Waals surface area contributed by atoms with Crippen LogP contribution < -0.4 is 0 Å². The van der Waals surface area contributed by atoms with Gasteiger partial charge in [0.15, 0.2) is 0 Å². The second-order valence-corrected chi connectivity index (χ2v) is 3.83. The fraction of sp³-hybridized carbons (Fsp3) is 1.00. The SMILES string of the molecule is CC1OCCC1N(C)CC1CO1. The van der Waals surface area contributed by atoms with Crippen LogP contribution in [0.15, 0.2) is 0 Å². The second kappa shape index (κ2) is 3.32. The molecule has 2 aliphatic rings. The number of hydrogen-bond acceptors (Lipinski definition) is 3. The molecule has 0 radical (unpaired) electrons. The van der Waals surface area contributed by atoms with Gasteiger partial charge in [0.25, 0.3) is 0 Å². The van der Waals surface area contributed by atoms with Crippen LogP contribution in [0.1, 0.15) is 13.3 Å². The lowest BCUT2D eigenvalue weighted by molar-refractivity contribution is 0.0813. The summed E-state index contributed by atoms with van der Waals surface area (Å²) in [6.45, 7) is 5.09. The monoisotopic (exact) mass is 171 g/mol. The molecular weight excluding hydrogens is 154 g/mol. The van der Waals surface area contributed by atoms with Crippen molar-refractivity contribution in [1.29, 1.82) is 0 Å². The highest BCUT2D eigenvalue weighted by Crippen LogP contribution is 2.20. The maximum absolute atomic E-state index is 5.51. The minimum atomic E-state index is 0.397. The van der Waals surface area contributed by atoms with Gasteiger partial charge in [0.1, 0.15) is 0 Å². The summed E-state index contributed by atoms with van der Waals surface area (Å²) in [5.41, 5.74) is 0. The predicted molar refractivity (Wildman–Crippen MR) is 46.2 cm³/mol. The molecule has 0 aromatic carbocycles. The number of rotatable bonds is 3. The molecule has 0 bridgehead atoms. The van der Waals surface area contributed by atoms with Crippen molar-refractivity contribution in [3.63, 3.8) is 0 Å². The summed E-state index contributed by atoms with van der Waals surface area (Å²) in [6, 6.07) is 0.606. The molecule has 12 heavy (non-hydrogen) atoms. The molecule has 0 aromatic heterocycles. The van der Waals surface area contributed by atoms with Crippen molar-refractivity contribution < 1.29 is 9.47 Å². The standard InChI is InChI=1S/C9H17NO2/c1-7-9(3-4-11-7)10(2)5-8-6-12-8/h7-9H,3-6H2,1-2H3. The van der Waals surface area contributed by atoms with E-state index in [9.17, 15) is 0 Å². The molecule has 3 heteroatoms. The van der Waals surface area contributed by atoms with E-state index >= 15 is 0 Å². The highest BCUT2D eigenvalue weighted by Gasteiger charge is 2.32. The first-order chi connectivity index (χ1) is 5.77.